The zero-order valence-electron chi connectivity index (χ0n) is 11.2. The van der Waals surface area contributed by atoms with Gasteiger partial charge in [-0.1, -0.05) is 0 Å². The molecule has 0 unspecified atom stereocenters. The van der Waals surface area contributed by atoms with Gasteiger partial charge in [0.1, 0.15) is 0 Å². The van der Waals surface area contributed by atoms with Crippen LogP contribution in [-0.4, -0.2) is 31.5 Å². The van der Waals surface area contributed by atoms with Gasteiger partial charge in [-0.2, -0.15) is 0 Å². The number of carbonyl (C=O) groups excluding carboxylic acids is 1. The monoisotopic (exact) mass is 290 g/mol. The van der Waals surface area contributed by atoms with E-state index in [0.717, 1.165) is 17.7 Å². The van der Waals surface area contributed by atoms with Gasteiger partial charge in [-0.25, -0.2) is 0 Å². The van der Waals surface area contributed by atoms with E-state index in [2.05, 4.69) is 12.1 Å². The molecule has 0 amide bonds. The van der Waals surface area contributed by atoms with E-state index < -0.39 is 6.10 Å². The van der Waals surface area contributed by atoms with Crippen LogP contribution in [0.3, 0.4) is 0 Å². The predicted molar refractivity (Wildman–Crippen MR) is 78.6 cm³/mol. The summed E-state index contributed by atoms with van der Waals surface area (Å²) in [5.74, 6) is 0.738. The summed E-state index contributed by atoms with van der Waals surface area (Å²) in [7, 11) is 1.63. The van der Waals surface area contributed by atoms with E-state index in [1.807, 2.05) is 24.3 Å². The molecule has 20 heavy (non-hydrogen) atoms. The average Bonchev–Trinajstić information content (AvgIpc) is 2.49. The Bertz CT molecular complexity index is 500. The molecular formula is C14H15BO4S. The molecule has 6 heteroatoms. The summed E-state index contributed by atoms with van der Waals surface area (Å²) in [5, 5.41) is 0. The van der Waals surface area contributed by atoms with Crippen molar-refractivity contribution in [2.24, 2.45) is 0 Å². The third-order valence-corrected chi connectivity index (χ3v) is 3.19. The van der Waals surface area contributed by atoms with E-state index in [4.69, 9.17) is 14.1 Å². The minimum absolute atomic E-state index is 0.0737. The second-order valence-electron chi connectivity index (χ2n) is 4.42. The van der Waals surface area contributed by atoms with Gasteiger partial charge in [0.05, 0.1) is 0 Å². The van der Waals surface area contributed by atoms with Crippen LogP contribution < -0.4 is 4.74 Å². The van der Waals surface area contributed by atoms with Gasteiger partial charge < -0.3 is 0 Å². The summed E-state index contributed by atoms with van der Waals surface area (Å²) in [4.78, 5) is 11.5. The van der Waals surface area contributed by atoms with Crippen molar-refractivity contribution in [1.82, 2.24) is 0 Å². The number of rotatable bonds is 6. The van der Waals surface area contributed by atoms with Gasteiger partial charge in [-0.05, 0) is 0 Å². The summed E-state index contributed by atoms with van der Waals surface area (Å²) in [6.07, 6.45) is 4.19. The van der Waals surface area contributed by atoms with Crippen molar-refractivity contribution < 1.29 is 18.9 Å². The fourth-order valence-electron chi connectivity index (χ4n) is 1.95. The van der Waals surface area contributed by atoms with Gasteiger partial charge in [0, 0.05) is 0 Å². The topological polar surface area (TPSA) is 44.8 Å². The van der Waals surface area contributed by atoms with Crippen molar-refractivity contribution in [2.75, 3.05) is 7.11 Å². The van der Waals surface area contributed by atoms with Gasteiger partial charge in [-0.3, -0.25) is 0 Å². The second-order valence-corrected chi connectivity index (χ2v) is 4.61. The van der Waals surface area contributed by atoms with Gasteiger partial charge >= 0.3 is 123 Å². The molecule has 104 valence electrons. The van der Waals surface area contributed by atoms with E-state index in [1.54, 1.807) is 13.2 Å². The molecule has 0 heterocycles. The number of carbonyl (C=O) groups is 1. The van der Waals surface area contributed by atoms with Crippen LogP contribution in [0.25, 0.3) is 0 Å². The van der Waals surface area contributed by atoms with E-state index >= 15 is 0 Å². The van der Waals surface area contributed by atoms with Crippen molar-refractivity contribution in [2.45, 2.75) is 25.2 Å². The van der Waals surface area contributed by atoms with Gasteiger partial charge in [0.2, 0.25) is 0 Å². The van der Waals surface area contributed by atoms with Gasteiger partial charge in [-0.15, -0.1) is 0 Å². The first-order valence-electron chi connectivity index (χ1n) is 6.28. The van der Waals surface area contributed by atoms with Crippen molar-refractivity contribution in [3.05, 3.63) is 42.0 Å². The molecule has 1 aromatic rings. The summed E-state index contributed by atoms with van der Waals surface area (Å²) < 4.78 is 16.0. The first-order chi connectivity index (χ1) is 9.72. The standard InChI is InChI=1S/C14H15BO4S/c1-17-11-4-2-10(3-5-11)9-18-12-6-7-13(16)14(8-12)19-15-20/h2-7,12,14H,8-9H2,1H3/t12-,14+/m1/s1. The Hall–Kier alpha value is -1.53. The fourth-order valence-corrected chi connectivity index (χ4v) is 2.09. The first kappa shape index (κ1) is 14.9. The molecule has 1 aromatic carbocycles. The normalized spacial score (nSPS) is 21.4. The van der Waals surface area contributed by atoms with Crippen LogP contribution in [0.1, 0.15) is 12.0 Å². The van der Waals surface area contributed by atoms with Crippen LogP contribution >= 0.6 is 12.1 Å². The molecule has 0 fully saturated rings. The molecule has 0 N–H and O–H groups in total. The summed E-state index contributed by atoms with van der Waals surface area (Å²) in [5.41, 5.74) is 1.04. The third kappa shape index (κ3) is 3.98. The third-order valence-electron chi connectivity index (χ3n) is 3.08. The molecule has 0 bridgehead atoms. The Morgan fingerprint density at radius 1 is 1.35 bits per heavy atom. The quantitative estimate of drug-likeness (QED) is 0.752. The minimum atomic E-state index is -0.529. The van der Waals surface area contributed by atoms with E-state index in [-0.39, 0.29) is 11.9 Å². The molecule has 0 saturated heterocycles. The zero-order valence-corrected chi connectivity index (χ0v) is 12.0. The van der Waals surface area contributed by atoms with Crippen molar-refractivity contribution in [3.63, 3.8) is 0 Å². The molecule has 2 atom stereocenters. The predicted octanol–water partition coefficient (Wildman–Crippen LogP) is 2.23. The van der Waals surface area contributed by atoms with Crippen LogP contribution in [0.4, 0.5) is 0 Å². The maximum absolute atomic E-state index is 11.5. The van der Waals surface area contributed by atoms with Crippen LogP contribution in [0.2, 0.25) is 0 Å². The summed E-state index contributed by atoms with van der Waals surface area (Å²) in [6.45, 7) is 0.470. The van der Waals surface area contributed by atoms with Crippen LogP contribution in [0.15, 0.2) is 36.4 Å². The first-order valence-corrected chi connectivity index (χ1v) is 6.75. The summed E-state index contributed by atoms with van der Waals surface area (Å²) in [6, 6.07) is 7.66. The molecule has 4 nitrogen and oxygen atoms in total. The van der Waals surface area contributed by atoms with Gasteiger partial charge in [0.15, 0.2) is 0 Å². The van der Waals surface area contributed by atoms with Crippen LogP contribution in [-0.2, 0) is 20.8 Å². The fraction of sp³-hybridized carbons (Fsp3) is 0.357. The van der Waals surface area contributed by atoms with Crippen molar-refractivity contribution >= 4 is 24.2 Å². The molecule has 0 saturated carbocycles. The average molecular weight is 290 g/mol. The molecule has 0 aromatic heterocycles. The Kier molecular flexibility index (Phi) is 5.44. The molecule has 0 spiro atoms. The SMILES string of the molecule is COc1ccc(CO[C@@H]2C=CC(=O)[C@@H](OB=S)C2)cc1. The van der Waals surface area contributed by atoms with Gasteiger partial charge in [0.25, 0.3) is 0 Å². The molecule has 1 aliphatic rings. The zero-order chi connectivity index (χ0) is 14.4. The summed E-state index contributed by atoms with van der Waals surface area (Å²) >= 11 is 4.61. The second kappa shape index (κ2) is 7.31. The number of ketones is 1. The molecule has 2 rings (SSSR count). The van der Waals surface area contributed by atoms with E-state index in [1.165, 1.54) is 6.08 Å². The Balaban J connectivity index is 1.88. The van der Waals surface area contributed by atoms with Crippen molar-refractivity contribution in [1.29, 1.82) is 0 Å². The van der Waals surface area contributed by atoms with Crippen LogP contribution in [0, 0.1) is 0 Å². The Labute approximate surface area is 123 Å². The Morgan fingerprint density at radius 2 is 2.10 bits per heavy atom. The van der Waals surface area contributed by atoms with Crippen molar-refractivity contribution in [3.8, 4) is 5.75 Å². The Morgan fingerprint density at radius 3 is 2.75 bits per heavy atom. The van der Waals surface area contributed by atoms with E-state index in [9.17, 15) is 4.79 Å². The number of hydrogen-bond acceptors (Lipinski definition) is 5. The van der Waals surface area contributed by atoms with Crippen LogP contribution in [0.5, 0.6) is 5.75 Å². The molecule has 1 aliphatic carbocycles. The number of hydrogen-bond donors (Lipinski definition) is 0. The maximum atomic E-state index is 11.5. The number of ether oxygens (including phenoxy) is 2. The van der Waals surface area contributed by atoms with E-state index in [0.29, 0.717) is 13.0 Å². The molecular weight excluding hydrogens is 275 g/mol. The number of benzene rings is 1. The number of methoxy groups -OCH3 is 1. The molecule has 0 aliphatic heterocycles. The molecule has 0 radical (unpaired) electrons.